The van der Waals surface area contributed by atoms with Gasteiger partial charge in [0.25, 0.3) is 0 Å². The summed E-state index contributed by atoms with van der Waals surface area (Å²) in [5.41, 5.74) is 0. The van der Waals surface area contributed by atoms with Crippen LogP contribution in [0.5, 0.6) is 0 Å². The molecule has 0 aromatic rings. The maximum Gasteiger partial charge on any atom is 0.186 e. The van der Waals surface area contributed by atoms with E-state index in [9.17, 15) is 4.21 Å². The number of halogens is 1. The van der Waals surface area contributed by atoms with Crippen molar-refractivity contribution in [2.45, 2.75) is 6.92 Å². The van der Waals surface area contributed by atoms with Gasteiger partial charge in [0.15, 0.2) is 11.1 Å². The van der Waals surface area contributed by atoms with Crippen molar-refractivity contribution in [3.63, 3.8) is 0 Å². The van der Waals surface area contributed by atoms with Crippen LogP contribution < -0.4 is 0 Å². The molecule has 62 valence electrons. The Hall–Kier alpha value is -0.380. The van der Waals surface area contributed by atoms with E-state index in [-0.39, 0.29) is 4.91 Å². The van der Waals surface area contributed by atoms with Crippen LogP contribution in [0.4, 0.5) is 0 Å². The standard InChI is InChI=1S/C7H9ClO2S/c1-3-7(11(9)10)5-4-6(2)8/h3-5H,1H2,2H3,(H,9,10)/b6-4+,7-5+. The highest BCUT2D eigenvalue weighted by Gasteiger charge is 1.95. The Balaban J connectivity index is 4.50. The summed E-state index contributed by atoms with van der Waals surface area (Å²) in [6.07, 6.45) is 4.30. The summed E-state index contributed by atoms with van der Waals surface area (Å²) < 4.78 is 19.0. The summed E-state index contributed by atoms with van der Waals surface area (Å²) in [7, 11) is 0. The summed E-state index contributed by atoms with van der Waals surface area (Å²) in [6.45, 7) is 5.05. The molecule has 0 aliphatic heterocycles. The third kappa shape index (κ3) is 4.95. The van der Waals surface area contributed by atoms with Crippen LogP contribution in [-0.4, -0.2) is 8.76 Å². The maximum atomic E-state index is 10.4. The van der Waals surface area contributed by atoms with E-state index >= 15 is 0 Å². The molecule has 0 amide bonds. The fraction of sp³-hybridized carbons (Fsp3) is 0.143. The third-order valence-electron chi connectivity index (χ3n) is 0.880. The van der Waals surface area contributed by atoms with E-state index in [4.69, 9.17) is 16.2 Å². The molecule has 0 bridgehead atoms. The van der Waals surface area contributed by atoms with Gasteiger partial charge >= 0.3 is 0 Å². The van der Waals surface area contributed by atoms with E-state index in [1.165, 1.54) is 18.2 Å². The summed E-state index contributed by atoms with van der Waals surface area (Å²) in [6, 6.07) is 0. The fourth-order valence-corrected chi connectivity index (χ4v) is 0.785. The van der Waals surface area contributed by atoms with Gasteiger partial charge in [-0.3, -0.25) is 0 Å². The van der Waals surface area contributed by atoms with E-state index < -0.39 is 11.1 Å². The van der Waals surface area contributed by atoms with Crippen molar-refractivity contribution < 1.29 is 8.76 Å². The predicted molar refractivity (Wildman–Crippen MR) is 48.7 cm³/mol. The number of rotatable bonds is 3. The molecule has 0 saturated carbocycles. The highest BCUT2D eigenvalue weighted by molar-refractivity contribution is 7.83. The quantitative estimate of drug-likeness (QED) is 0.551. The molecule has 0 heterocycles. The molecule has 0 aliphatic carbocycles. The first-order valence-electron chi connectivity index (χ1n) is 2.85. The van der Waals surface area contributed by atoms with Crippen LogP contribution in [0.2, 0.25) is 0 Å². The minimum atomic E-state index is -1.98. The second-order valence-corrected chi connectivity index (χ2v) is 3.34. The molecule has 0 radical (unpaired) electrons. The van der Waals surface area contributed by atoms with Crippen molar-refractivity contribution in [3.05, 3.63) is 34.7 Å². The van der Waals surface area contributed by atoms with Crippen LogP contribution >= 0.6 is 11.6 Å². The zero-order valence-electron chi connectivity index (χ0n) is 6.08. The molecule has 0 spiro atoms. The van der Waals surface area contributed by atoms with Crippen molar-refractivity contribution >= 4 is 22.7 Å². The Morgan fingerprint density at radius 1 is 1.64 bits per heavy atom. The molecular formula is C7H9ClO2S. The molecule has 1 N–H and O–H groups in total. The summed E-state index contributed by atoms with van der Waals surface area (Å²) in [5, 5.41) is 0.551. The topological polar surface area (TPSA) is 37.3 Å². The van der Waals surface area contributed by atoms with Gasteiger partial charge in [-0.2, -0.15) is 0 Å². The number of hydrogen-bond donors (Lipinski definition) is 1. The van der Waals surface area contributed by atoms with Crippen LogP contribution in [0.15, 0.2) is 34.7 Å². The van der Waals surface area contributed by atoms with Crippen molar-refractivity contribution in [3.8, 4) is 0 Å². The highest BCUT2D eigenvalue weighted by atomic mass is 35.5. The van der Waals surface area contributed by atoms with Gasteiger partial charge in [0.1, 0.15) is 0 Å². The molecule has 0 aliphatic rings. The van der Waals surface area contributed by atoms with Crippen molar-refractivity contribution in [1.29, 1.82) is 0 Å². The lowest BCUT2D eigenvalue weighted by Gasteiger charge is -1.90. The molecule has 0 aromatic heterocycles. The monoisotopic (exact) mass is 192 g/mol. The van der Waals surface area contributed by atoms with Crippen LogP contribution in [0.3, 0.4) is 0 Å². The molecule has 0 saturated heterocycles. The average molecular weight is 193 g/mol. The van der Waals surface area contributed by atoms with Crippen LogP contribution in [0.1, 0.15) is 6.92 Å². The zero-order valence-corrected chi connectivity index (χ0v) is 7.65. The van der Waals surface area contributed by atoms with Gasteiger partial charge in [0.05, 0.1) is 4.91 Å². The largest absolute Gasteiger partial charge is 0.302 e. The van der Waals surface area contributed by atoms with Crippen LogP contribution in [0, 0.1) is 0 Å². The molecule has 1 atom stereocenters. The Bertz CT molecular complexity index is 227. The highest BCUT2D eigenvalue weighted by Crippen LogP contribution is 2.04. The maximum absolute atomic E-state index is 10.4. The number of allylic oxidation sites excluding steroid dienone is 4. The SMILES string of the molecule is C=C/C(=C\C=C(/C)Cl)S(=O)O. The minimum absolute atomic E-state index is 0.241. The normalized spacial score (nSPS) is 16.3. The molecule has 0 rings (SSSR count). The molecule has 1 unspecified atom stereocenters. The second kappa shape index (κ2) is 5.29. The molecule has 0 fully saturated rings. The van der Waals surface area contributed by atoms with E-state index in [0.717, 1.165) is 0 Å². The van der Waals surface area contributed by atoms with Gasteiger partial charge < -0.3 is 4.55 Å². The molecule has 2 nitrogen and oxygen atoms in total. The van der Waals surface area contributed by atoms with Gasteiger partial charge in [-0.1, -0.05) is 24.3 Å². The van der Waals surface area contributed by atoms with Crippen LogP contribution in [-0.2, 0) is 11.1 Å². The van der Waals surface area contributed by atoms with Gasteiger partial charge in [-0.25, -0.2) is 4.21 Å². The van der Waals surface area contributed by atoms with E-state index in [1.54, 1.807) is 6.92 Å². The van der Waals surface area contributed by atoms with Crippen LogP contribution in [0.25, 0.3) is 0 Å². The van der Waals surface area contributed by atoms with Gasteiger partial charge in [0.2, 0.25) is 0 Å². The lowest BCUT2D eigenvalue weighted by Crippen LogP contribution is -1.87. The van der Waals surface area contributed by atoms with E-state index in [2.05, 4.69) is 6.58 Å². The first-order valence-corrected chi connectivity index (χ1v) is 4.33. The lowest BCUT2D eigenvalue weighted by molar-refractivity contribution is 0.572. The Labute approximate surface area is 73.5 Å². The fourth-order valence-electron chi connectivity index (χ4n) is 0.395. The molecule has 11 heavy (non-hydrogen) atoms. The smallest absolute Gasteiger partial charge is 0.186 e. The summed E-state index contributed by atoms with van der Waals surface area (Å²) in [4.78, 5) is 0.241. The Morgan fingerprint density at radius 3 is 2.45 bits per heavy atom. The first kappa shape index (κ1) is 10.6. The molecular weight excluding hydrogens is 184 g/mol. The van der Waals surface area contributed by atoms with Gasteiger partial charge in [-0.15, -0.1) is 0 Å². The molecule has 4 heteroatoms. The predicted octanol–water partition coefficient (Wildman–Crippen LogP) is 2.42. The van der Waals surface area contributed by atoms with Gasteiger partial charge in [-0.05, 0) is 19.1 Å². The van der Waals surface area contributed by atoms with Crippen molar-refractivity contribution in [1.82, 2.24) is 0 Å². The summed E-state index contributed by atoms with van der Waals surface area (Å²) >= 11 is 3.51. The van der Waals surface area contributed by atoms with Crippen molar-refractivity contribution in [2.75, 3.05) is 0 Å². The average Bonchev–Trinajstić information content (AvgIpc) is 1.87. The minimum Gasteiger partial charge on any atom is -0.302 e. The third-order valence-corrected chi connectivity index (χ3v) is 1.71. The van der Waals surface area contributed by atoms with Gasteiger partial charge in [0, 0.05) is 5.03 Å². The molecule has 0 aromatic carbocycles. The second-order valence-electron chi connectivity index (χ2n) is 1.78. The summed E-state index contributed by atoms with van der Waals surface area (Å²) in [5.74, 6) is 0. The van der Waals surface area contributed by atoms with Crippen molar-refractivity contribution in [2.24, 2.45) is 0 Å². The Kier molecular flexibility index (Phi) is 5.11. The van der Waals surface area contributed by atoms with E-state index in [0.29, 0.717) is 5.03 Å². The zero-order chi connectivity index (χ0) is 8.85. The number of hydrogen-bond acceptors (Lipinski definition) is 1. The lowest BCUT2D eigenvalue weighted by atomic mass is 10.4. The van der Waals surface area contributed by atoms with E-state index in [1.807, 2.05) is 0 Å². The first-order chi connectivity index (χ1) is 5.07. The Morgan fingerprint density at radius 2 is 2.18 bits per heavy atom.